The second kappa shape index (κ2) is 11.6. The van der Waals surface area contributed by atoms with Crippen LogP contribution in [0, 0.1) is 0 Å². The van der Waals surface area contributed by atoms with E-state index in [2.05, 4.69) is 31.3 Å². The molecule has 1 aromatic heterocycles. The molecular formula is C30H28ClNO4S. The standard InChI is InChI=1S/C30H28ClNO4S/c1-4-35-29(34)27-25(20-10-14-23(31)15-11-20)19-37-28(27)32-26(33)18-36-24-16-12-22(13-17-24)30(2,3)21-8-6-5-7-9-21/h5-17,19H,4,18H2,1-3H3,(H,32,33). The lowest BCUT2D eigenvalue weighted by Crippen LogP contribution is -2.21. The van der Waals surface area contributed by atoms with E-state index in [4.69, 9.17) is 21.1 Å². The zero-order valence-electron chi connectivity index (χ0n) is 20.9. The van der Waals surface area contributed by atoms with Gasteiger partial charge >= 0.3 is 5.97 Å². The van der Waals surface area contributed by atoms with E-state index in [1.54, 1.807) is 19.1 Å². The van der Waals surface area contributed by atoms with Gasteiger partial charge in [0.25, 0.3) is 5.91 Å². The number of carbonyl (C=O) groups is 2. The van der Waals surface area contributed by atoms with Crippen LogP contribution in [-0.4, -0.2) is 25.1 Å². The van der Waals surface area contributed by atoms with E-state index in [9.17, 15) is 9.59 Å². The second-order valence-electron chi connectivity index (χ2n) is 8.93. The summed E-state index contributed by atoms with van der Waals surface area (Å²) in [6.45, 7) is 6.11. The Hall–Kier alpha value is -3.61. The number of hydrogen-bond donors (Lipinski definition) is 1. The largest absolute Gasteiger partial charge is 0.484 e. The van der Waals surface area contributed by atoms with E-state index in [-0.39, 0.29) is 24.5 Å². The van der Waals surface area contributed by atoms with Crippen molar-refractivity contribution in [2.24, 2.45) is 0 Å². The third-order valence-electron chi connectivity index (χ3n) is 6.12. The van der Waals surface area contributed by atoms with Crippen LogP contribution in [-0.2, 0) is 14.9 Å². The summed E-state index contributed by atoms with van der Waals surface area (Å²) in [6.07, 6.45) is 0. The Morgan fingerprint density at radius 3 is 2.22 bits per heavy atom. The molecule has 4 rings (SSSR count). The van der Waals surface area contributed by atoms with Crippen molar-refractivity contribution in [3.05, 3.63) is 106 Å². The highest BCUT2D eigenvalue weighted by atomic mass is 35.5. The minimum absolute atomic E-state index is 0.165. The molecule has 7 heteroatoms. The first kappa shape index (κ1) is 26.5. The van der Waals surface area contributed by atoms with Gasteiger partial charge < -0.3 is 14.8 Å². The molecule has 190 valence electrons. The monoisotopic (exact) mass is 533 g/mol. The summed E-state index contributed by atoms with van der Waals surface area (Å²) in [7, 11) is 0. The van der Waals surface area contributed by atoms with Crippen LogP contribution in [0.4, 0.5) is 5.00 Å². The van der Waals surface area contributed by atoms with Crippen LogP contribution in [0.15, 0.2) is 84.2 Å². The quantitative estimate of drug-likeness (QED) is 0.225. The zero-order valence-corrected chi connectivity index (χ0v) is 22.5. The summed E-state index contributed by atoms with van der Waals surface area (Å²) >= 11 is 7.27. The number of anilines is 1. The van der Waals surface area contributed by atoms with Crippen molar-refractivity contribution in [2.75, 3.05) is 18.5 Å². The molecule has 0 atom stereocenters. The highest BCUT2D eigenvalue weighted by Crippen LogP contribution is 2.37. The number of thiophene rings is 1. The predicted octanol–water partition coefficient (Wildman–Crippen LogP) is 7.59. The number of amides is 1. The third kappa shape index (κ3) is 6.21. The summed E-state index contributed by atoms with van der Waals surface area (Å²) < 4.78 is 11.0. The zero-order chi connectivity index (χ0) is 26.4. The van der Waals surface area contributed by atoms with Gasteiger partial charge in [-0.25, -0.2) is 4.79 Å². The van der Waals surface area contributed by atoms with E-state index >= 15 is 0 Å². The van der Waals surface area contributed by atoms with Crippen LogP contribution in [0.1, 0.15) is 42.3 Å². The maximum absolute atomic E-state index is 12.7. The fraction of sp³-hybridized carbons (Fsp3) is 0.200. The number of rotatable bonds is 9. The Balaban J connectivity index is 1.44. The lowest BCUT2D eigenvalue weighted by Gasteiger charge is -2.26. The Bertz CT molecular complexity index is 1360. The molecule has 0 saturated carbocycles. The lowest BCUT2D eigenvalue weighted by atomic mass is 9.78. The minimum atomic E-state index is -0.499. The normalized spacial score (nSPS) is 11.1. The molecule has 0 fully saturated rings. The highest BCUT2D eigenvalue weighted by Gasteiger charge is 2.24. The van der Waals surface area contributed by atoms with Crippen LogP contribution in [0.5, 0.6) is 5.75 Å². The second-order valence-corrected chi connectivity index (χ2v) is 10.2. The van der Waals surface area contributed by atoms with Crippen molar-refractivity contribution in [1.29, 1.82) is 0 Å². The average molecular weight is 534 g/mol. The number of halogens is 1. The molecule has 0 saturated heterocycles. The summed E-state index contributed by atoms with van der Waals surface area (Å²) in [6, 6.07) is 25.2. The van der Waals surface area contributed by atoms with Gasteiger partial charge in [-0.3, -0.25) is 4.79 Å². The van der Waals surface area contributed by atoms with E-state index in [1.807, 2.05) is 60.0 Å². The molecule has 4 aromatic rings. The van der Waals surface area contributed by atoms with Gasteiger partial charge in [-0.15, -0.1) is 11.3 Å². The molecule has 3 aromatic carbocycles. The van der Waals surface area contributed by atoms with Gasteiger partial charge in [-0.2, -0.15) is 0 Å². The molecule has 0 bridgehead atoms. The van der Waals surface area contributed by atoms with Crippen molar-refractivity contribution in [3.63, 3.8) is 0 Å². The van der Waals surface area contributed by atoms with E-state index in [0.717, 1.165) is 11.1 Å². The average Bonchev–Trinajstić information content (AvgIpc) is 3.32. The molecule has 0 aliphatic carbocycles. The van der Waals surface area contributed by atoms with Gasteiger partial charge in [0.2, 0.25) is 0 Å². The fourth-order valence-corrected chi connectivity index (χ4v) is 5.10. The minimum Gasteiger partial charge on any atom is -0.484 e. The van der Waals surface area contributed by atoms with Crippen LogP contribution in [0.3, 0.4) is 0 Å². The van der Waals surface area contributed by atoms with Gasteiger partial charge in [0.1, 0.15) is 16.3 Å². The van der Waals surface area contributed by atoms with Crippen molar-refractivity contribution in [1.82, 2.24) is 0 Å². The van der Waals surface area contributed by atoms with Crippen molar-refractivity contribution in [2.45, 2.75) is 26.2 Å². The van der Waals surface area contributed by atoms with Gasteiger partial charge in [0.15, 0.2) is 6.61 Å². The number of benzene rings is 3. The van der Waals surface area contributed by atoms with Crippen LogP contribution in [0.2, 0.25) is 5.02 Å². The molecular weight excluding hydrogens is 506 g/mol. The molecule has 1 heterocycles. The Kier molecular flexibility index (Phi) is 8.31. The molecule has 37 heavy (non-hydrogen) atoms. The van der Waals surface area contributed by atoms with Crippen LogP contribution >= 0.6 is 22.9 Å². The molecule has 5 nitrogen and oxygen atoms in total. The summed E-state index contributed by atoms with van der Waals surface area (Å²) in [5.74, 6) is -0.285. The van der Waals surface area contributed by atoms with E-state index in [0.29, 0.717) is 26.9 Å². The first-order chi connectivity index (χ1) is 17.8. The van der Waals surface area contributed by atoms with Crippen molar-refractivity contribution >= 4 is 39.8 Å². The maximum Gasteiger partial charge on any atom is 0.341 e. The molecule has 1 N–H and O–H groups in total. The van der Waals surface area contributed by atoms with Gasteiger partial charge in [0.05, 0.1) is 6.61 Å². The van der Waals surface area contributed by atoms with Crippen molar-refractivity contribution in [3.8, 4) is 16.9 Å². The van der Waals surface area contributed by atoms with Crippen molar-refractivity contribution < 1.29 is 19.1 Å². The third-order valence-corrected chi connectivity index (χ3v) is 7.27. The number of nitrogens with one attached hydrogen (secondary N) is 1. The molecule has 1 amide bonds. The summed E-state index contributed by atoms with van der Waals surface area (Å²) in [5, 5.41) is 5.64. The van der Waals surface area contributed by atoms with Gasteiger partial charge in [-0.1, -0.05) is 80.0 Å². The highest BCUT2D eigenvalue weighted by molar-refractivity contribution is 7.15. The van der Waals surface area contributed by atoms with Crippen LogP contribution < -0.4 is 10.1 Å². The Morgan fingerprint density at radius 1 is 0.919 bits per heavy atom. The number of esters is 1. The molecule has 0 aliphatic heterocycles. The molecule has 0 aliphatic rings. The van der Waals surface area contributed by atoms with Gasteiger partial charge in [0, 0.05) is 21.4 Å². The number of hydrogen-bond acceptors (Lipinski definition) is 5. The molecule has 0 spiro atoms. The van der Waals surface area contributed by atoms with E-state index < -0.39 is 5.97 Å². The first-order valence-corrected chi connectivity index (χ1v) is 13.2. The summed E-state index contributed by atoms with van der Waals surface area (Å²) in [5.41, 5.74) is 3.99. The fourth-order valence-electron chi connectivity index (χ4n) is 4.00. The Morgan fingerprint density at radius 2 is 1.57 bits per heavy atom. The maximum atomic E-state index is 12.7. The smallest absolute Gasteiger partial charge is 0.341 e. The predicted molar refractivity (Wildman–Crippen MR) is 150 cm³/mol. The lowest BCUT2D eigenvalue weighted by molar-refractivity contribution is -0.118. The van der Waals surface area contributed by atoms with Crippen LogP contribution in [0.25, 0.3) is 11.1 Å². The molecule has 0 radical (unpaired) electrons. The van der Waals surface area contributed by atoms with Gasteiger partial charge in [-0.05, 0) is 47.9 Å². The topological polar surface area (TPSA) is 64.6 Å². The number of ether oxygens (including phenoxy) is 2. The SMILES string of the molecule is CCOC(=O)c1c(-c2ccc(Cl)cc2)csc1NC(=O)COc1ccc(C(C)(C)c2ccccc2)cc1. The Labute approximate surface area is 226 Å². The summed E-state index contributed by atoms with van der Waals surface area (Å²) in [4.78, 5) is 25.5. The molecule has 0 unspecified atom stereocenters. The number of carbonyl (C=O) groups excluding carboxylic acids is 2. The first-order valence-electron chi connectivity index (χ1n) is 11.9. The van der Waals surface area contributed by atoms with E-state index in [1.165, 1.54) is 16.9 Å².